The lowest BCUT2D eigenvalue weighted by Crippen LogP contribution is -2.57. The number of nitrogens with zero attached hydrogens (tertiary/aromatic N) is 1. The van der Waals surface area contributed by atoms with Crippen molar-refractivity contribution in [2.45, 2.75) is 57.1 Å². The predicted octanol–water partition coefficient (Wildman–Crippen LogP) is 5.04. The Labute approximate surface area is 220 Å². The molecule has 0 bridgehead atoms. The van der Waals surface area contributed by atoms with Gasteiger partial charge in [0.2, 0.25) is 0 Å². The number of para-hydroxylation sites is 1. The minimum atomic E-state index is -1.22. The first-order valence-corrected chi connectivity index (χ1v) is 13.1. The van der Waals surface area contributed by atoms with Crippen molar-refractivity contribution in [3.63, 3.8) is 0 Å². The number of aliphatic hydroxyl groups is 1. The van der Waals surface area contributed by atoms with E-state index in [-0.39, 0.29) is 17.8 Å². The van der Waals surface area contributed by atoms with Gasteiger partial charge < -0.3 is 30.1 Å². The summed E-state index contributed by atoms with van der Waals surface area (Å²) in [6.07, 6.45) is 3.66. The number of piperidine rings is 1. The first kappa shape index (κ1) is 28.9. The number of nitrogens with one attached hydrogen (secondary N) is 2. The van der Waals surface area contributed by atoms with Gasteiger partial charge in [-0.25, -0.2) is 9.18 Å². The summed E-state index contributed by atoms with van der Waals surface area (Å²) in [5.41, 5.74) is -0.936. The summed E-state index contributed by atoms with van der Waals surface area (Å²) in [6.45, 7) is 6.31. The Morgan fingerprint density at radius 3 is 2.59 bits per heavy atom. The molecular formula is C29H42FN3O4. The highest BCUT2D eigenvalue weighted by atomic mass is 19.1. The molecule has 0 aliphatic carbocycles. The number of halogens is 1. The van der Waals surface area contributed by atoms with E-state index in [0.717, 1.165) is 25.7 Å². The molecular weight excluding hydrogens is 473 g/mol. The average molecular weight is 516 g/mol. The molecule has 204 valence electrons. The number of hydrogen-bond acceptors (Lipinski definition) is 5. The number of ether oxygens (including phenoxy) is 2. The van der Waals surface area contributed by atoms with E-state index in [9.17, 15) is 14.3 Å². The van der Waals surface area contributed by atoms with E-state index in [0.29, 0.717) is 49.7 Å². The van der Waals surface area contributed by atoms with Crippen LogP contribution in [-0.2, 0) is 10.3 Å². The largest absolute Gasteiger partial charge is 0.457 e. The number of methoxy groups -OCH3 is 1. The molecule has 3 rings (SSSR count). The van der Waals surface area contributed by atoms with Gasteiger partial charge >= 0.3 is 6.03 Å². The Morgan fingerprint density at radius 2 is 1.89 bits per heavy atom. The van der Waals surface area contributed by atoms with Crippen LogP contribution in [0.2, 0.25) is 0 Å². The lowest BCUT2D eigenvalue weighted by Gasteiger charge is -2.44. The van der Waals surface area contributed by atoms with E-state index < -0.39 is 11.1 Å². The van der Waals surface area contributed by atoms with Crippen LogP contribution in [-0.4, -0.2) is 62.0 Å². The molecule has 1 heterocycles. The molecule has 8 heteroatoms. The third-order valence-electron chi connectivity index (χ3n) is 7.00. The summed E-state index contributed by atoms with van der Waals surface area (Å²) >= 11 is 0. The fourth-order valence-corrected chi connectivity index (χ4v) is 5.15. The maximum Gasteiger partial charge on any atom is 0.317 e. The number of rotatable bonds is 12. The Hall–Kier alpha value is -2.68. The van der Waals surface area contributed by atoms with E-state index in [1.165, 1.54) is 12.1 Å². The first-order valence-electron chi connectivity index (χ1n) is 13.1. The van der Waals surface area contributed by atoms with E-state index in [1.807, 2.05) is 50.1 Å². The van der Waals surface area contributed by atoms with Crippen LogP contribution in [0.4, 0.5) is 9.18 Å². The molecule has 1 aliphatic heterocycles. The second-order valence-corrected chi connectivity index (χ2v) is 10.6. The molecule has 0 aromatic heterocycles. The molecule has 7 nitrogen and oxygen atoms in total. The van der Waals surface area contributed by atoms with Crippen LogP contribution in [0.1, 0.15) is 51.5 Å². The van der Waals surface area contributed by atoms with Crippen molar-refractivity contribution in [2.24, 2.45) is 5.92 Å². The van der Waals surface area contributed by atoms with Gasteiger partial charge in [-0.3, -0.25) is 0 Å². The average Bonchev–Trinajstić information content (AvgIpc) is 2.88. The summed E-state index contributed by atoms with van der Waals surface area (Å²) < 4.78 is 24.8. The van der Waals surface area contributed by atoms with Crippen molar-refractivity contribution in [1.29, 1.82) is 0 Å². The quantitative estimate of drug-likeness (QED) is 0.345. The van der Waals surface area contributed by atoms with Gasteiger partial charge in [-0.15, -0.1) is 0 Å². The lowest BCUT2D eigenvalue weighted by atomic mass is 9.73. The van der Waals surface area contributed by atoms with Gasteiger partial charge in [0.25, 0.3) is 0 Å². The van der Waals surface area contributed by atoms with Crippen molar-refractivity contribution >= 4 is 6.03 Å². The highest BCUT2D eigenvalue weighted by molar-refractivity contribution is 5.75. The monoisotopic (exact) mass is 515 g/mol. The lowest BCUT2D eigenvalue weighted by molar-refractivity contribution is -0.0576. The molecule has 3 N–H and O–H groups in total. The van der Waals surface area contributed by atoms with Crippen LogP contribution >= 0.6 is 0 Å². The minimum Gasteiger partial charge on any atom is -0.457 e. The van der Waals surface area contributed by atoms with Gasteiger partial charge in [-0.2, -0.15) is 0 Å². The highest BCUT2D eigenvalue weighted by Gasteiger charge is 2.43. The van der Waals surface area contributed by atoms with Gasteiger partial charge in [0.05, 0.1) is 5.60 Å². The number of likely N-dealkylation sites (tertiary alicyclic amines) is 1. The number of hydrogen-bond donors (Lipinski definition) is 3. The zero-order chi connectivity index (χ0) is 26.9. The predicted molar refractivity (Wildman–Crippen MR) is 143 cm³/mol. The molecule has 1 saturated heterocycles. The second-order valence-electron chi connectivity index (χ2n) is 10.6. The molecule has 2 aromatic rings. The SMILES string of the molecule is CNCC(C)(C)NC(=O)N1CCC[C@@H]([C@@](O)(CCCCOC)c2ccccc2Oc2ccc(F)cc2)C1. The van der Waals surface area contributed by atoms with Gasteiger partial charge in [0, 0.05) is 50.4 Å². The number of unbranched alkanes of at least 4 members (excludes halogenated alkanes) is 1. The number of carbonyl (C=O) groups excluding carboxylic acids is 1. The standard InChI is InChI=1S/C29H42FN3O4/c1-28(2,21-31-3)32-27(34)33-18-9-10-22(20-33)29(35,17-7-8-19-36-4)25-11-5-6-12-26(25)37-24-15-13-23(30)14-16-24/h5-6,11-16,22,31,35H,7-10,17-21H2,1-4H3,(H,32,34)/t22-,29+/m1/s1. The molecule has 1 aliphatic rings. The minimum absolute atomic E-state index is 0.123. The summed E-state index contributed by atoms with van der Waals surface area (Å²) in [4.78, 5) is 15.0. The van der Waals surface area contributed by atoms with Gasteiger partial charge in [0.1, 0.15) is 17.3 Å². The second kappa shape index (κ2) is 13.2. The van der Waals surface area contributed by atoms with Crippen molar-refractivity contribution < 1.29 is 23.8 Å². The Balaban J connectivity index is 1.88. The van der Waals surface area contributed by atoms with E-state index in [1.54, 1.807) is 19.2 Å². The third-order valence-corrected chi connectivity index (χ3v) is 7.00. The Bertz CT molecular complexity index is 1000. The van der Waals surface area contributed by atoms with Crippen molar-refractivity contribution in [3.8, 4) is 11.5 Å². The van der Waals surface area contributed by atoms with Crippen molar-refractivity contribution in [1.82, 2.24) is 15.5 Å². The fraction of sp³-hybridized carbons (Fsp3) is 0.552. The first-order chi connectivity index (χ1) is 17.7. The zero-order valence-corrected chi connectivity index (χ0v) is 22.6. The molecule has 0 unspecified atom stereocenters. The number of amides is 2. The number of urea groups is 1. The van der Waals surface area contributed by atoms with Crippen LogP contribution in [0.25, 0.3) is 0 Å². The summed E-state index contributed by atoms with van der Waals surface area (Å²) in [7, 11) is 3.53. The van der Waals surface area contributed by atoms with Crippen LogP contribution < -0.4 is 15.4 Å². The number of carbonyl (C=O) groups is 1. The fourth-order valence-electron chi connectivity index (χ4n) is 5.15. The van der Waals surface area contributed by atoms with E-state index in [2.05, 4.69) is 10.6 Å². The maximum atomic E-state index is 13.4. The maximum absolute atomic E-state index is 13.4. The third kappa shape index (κ3) is 7.90. The normalized spacial score (nSPS) is 17.8. The molecule has 37 heavy (non-hydrogen) atoms. The molecule has 2 atom stereocenters. The number of likely N-dealkylation sites (N-methyl/N-ethyl adjacent to an activating group) is 1. The van der Waals surface area contributed by atoms with Gasteiger partial charge in [-0.1, -0.05) is 18.2 Å². The summed E-state index contributed by atoms with van der Waals surface area (Å²) in [5.74, 6) is 0.501. The highest BCUT2D eigenvalue weighted by Crippen LogP contribution is 2.44. The molecule has 2 aromatic carbocycles. The van der Waals surface area contributed by atoms with Crippen LogP contribution in [0.15, 0.2) is 48.5 Å². The molecule has 0 spiro atoms. The van der Waals surface area contributed by atoms with E-state index >= 15 is 0 Å². The summed E-state index contributed by atoms with van der Waals surface area (Å²) in [5, 5.41) is 18.6. The molecule has 0 saturated carbocycles. The van der Waals surface area contributed by atoms with Gasteiger partial charge in [0.15, 0.2) is 0 Å². The molecule has 0 radical (unpaired) electrons. The van der Waals surface area contributed by atoms with E-state index in [4.69, 9.17) is 9.47 Å². The zero-order valence-electron chi connectivity index (χ0n) is 22.6. The number of benzene rings is 2. The van der Waals surface area contributed by atoms with Crippen LogP contribution in [0.5, 0.6) is 11.5 Å². The Morgan fingerprint density at radius 1 is 1.16 bits per heavy atom. The molecule has 2 amide bonds. The Kier molecular flexibility index (Phi) is 10.3. The van der Waals surface area contributed by atoms with Gasteiger partial charge in [-0.05, 0) is 83.3 Å². The van der Waals surface area contributed by atoms with Crippen molar-refractivity contribution in [2.75, 3.05) is 40.4 Å². The topological polar surface area (TPSA) is 83.1 Å². The van der Waals surface area contributed by atoms with Crippen molar-refractivity contribution in [3.05, 3.63) is 59.9 Å². The molecule has 1 fully saturated rings. The van der Waals surface area contributed by atoms with Crippen LogP contribution in [0, 0.1) is 11.7 Å². The summed E-state index contributed by atoms with van der Waals surface area (Å²) in [6, 6.07) is 13.2. The van der Waals surface area contributed by atoms with Crippen LogP contribution in [0.3, 0.4) is 0 Å². The smallest absolute Gasteiger partial charge is 0.317 e.